The maximum Gasteiger partial charge on any atom is -0.00544 e. The van der Waals surface area contributed by atoms with Crippen LogP contribution in [0, 0.1) is 6.92 Å². The lowest BCUT2D eigenvalue weighted by Crippen LogP contribution is -1.91. The molecule has 1 aliphatic rings. The first-order valence-electron chi connectivity index (χ1n) is 6.11. The molecule has 84 valence electrons. The minimum atomic E-state index is 1.10. The van der Waals surface area contributed by atoms with Gasteiger partial charge in [-0.15, -0.1) is 0 Å². The van der Waals surface area contributed by atoms with Gasteiger partial charge < -0.3 is 0 Å². The van der Waals surface area contributed by atoms with Crippen molar-refractivity contribution in [1.29, 1.82) is 0 Å². The van der Waals surface area contributed by atoms with Crippen LogP contribution in [0.1, 0.15) is 23.6 Å². The molecule has 0 amide bonds. The Labute approximate surface area is 103 Å². The highest BCUT2D eigenvalue weighted by atomic mass is 14.2. The van der Waals surface area contributed by atoms with Crippen LogP contribution in [0.3, 0.4) is 0 Å². The van der Waals surface area contributed by atoms with Gasteiger partial charge in [-0.25, -0.2) is 0 Å². The van der Waals surface area contributed by atoms with E-state index in [1.807, 2.05) is 0 Å². The van der Waals surface area contributed by atoms with Crippen molar-refractivity contribution in [2.24, 2.45) is 0 Å². The Bertz CT molecular complexity index is 603. The molecule has 1 aliphatic carbocycles. The molecule has 0 fully saturated rings. The Morgan fingerprint density at radius 3 is 2.41 bits per heavy atom. The van der Waals surface area contributed by atoms with Crippen LogP contribution in [0.25, 0.3) is 17.2 Å². The maximum absolute atomic E-state index is 2.30. The van der Waals surface area contributed by atoms with Crippen molar-refractivity contribution < 1.29 is 0 Å². The Kier molecular flexibility index (Phi) is 2.36. The fourth-order valence-corrected chi connectivity index (χ4v) is 2.66. The standard InChI is InChI=1S/C17H16/c1-12-10-14-7-5-9-16(17(14)11-12)15-8-4-3-6-13(15)2/h3-10H,11H2,1-2H3. The molecule has 2 aromatic rings. The minimum absolute atomic E-state index is 1.10. The van der Waals surface area contributed by atoms with Crippen LogP contribution in [0.2, 0.25) is 0 Å². The normalized spacial score (nSPS) is 13.4. The van der Waals surface area contributed by atoms with E-state index in [1.54, 1.807) is 0 Å². The van der Waals surface area contributed by atoms with Crippen LogP contribution >= 0.6 is 0 Å². The van der Waals surface area contributed by atoms with E-state index >= 15 is 0 Å². The quantitative estimate of drug-likeness (QED) is 0.657. The van der Waals surface area contributed by atoms with E-state index in [2.05, 4.69) is 62.4 Å². The van der Waals surface area contributed by atoms with Gasteiger partial charge in [-0.3, -0.25) is 0 Å². The fraction of sp³-hybridized carbons (Fsp3) is 0.176. The number of allylic oxidation sites excluding steroid dienone is 1. The predicted molar refractivity (Wildman–Crippen MR) is 74.0 cm³/mol. The van der Waals surface area contributed by atoms with E-state index in [0.29, 0.717) is 0 Å². The lowest BCUT2D eigenvalue weighted by Gasteiger charge is -2.11. The summed E-state index contributed by atoms with van der Waals surface area (Å²) in [4.78, 5) is 0. The second-order valence-electron chi connectivity index (χ2n) is 4.86. The molecule has 0 N–H and O–H groups in total. The van der Waals surface area contributed by atoms with E-state index in [9.17, 15) is 0 Å². The van der Waals surface area contributed by atoms with Crippen molar-refractivity contribution >= 4 is 6.08 Å². The first-order valence-corrected chi connectivity index (χ1v) is 6.11. The summed E-state index contributed by atoms with van der Waals surface area (Å²) in [6, 6.07) is 15.3. The number of rotatable bonds is 1. The number of fused-ring (bicyclic) bond motifs is 1. The van der Waals surface area contributed by atoms with Crippen molar-refractivity contribution in [2.45, 2.75) is 20.3 Å². The minimum Gasteiger partial charge on any atom is -0.0683 e. The lowest BCUT2D eigenvalue weighted by molar-refractivity contribution is 1.19. The van der Waals surface area contributed by atoms with Crippen molar-refractivity contribution in [3.8, 4) is 11.1 Å². The highest BCUT2D eigenvalue weighted by molar-refractivity contribution is 5.78. The molecule has 0 nitrogen and oxygen atoms in total. The molecule has 0 bridgehead atoms. The summed E-state index contributed by atoms with van der Waals surface area (Å²) >= 11 is 0. The van der Waals surface area contributed by atoms with Crippen LogP contribution in [0.5, 0.6) is 0 Å². The second-order valence-corrected chi connectivity index (χ2v) is 4.86. The molecule has 3 rings (SSSR count). The highest BCUT2D eigenvalue weighted by Gasteiger charge is 2.15. The third kappa shape index (κ3) is 1.70. The first kappa shape index (κ1) is 10.3. The zero-order chi connectivity index (χ0) is 11.8. The van der Waals surface area contributed by atoms with E-state index in [-0.39, 0.29) is 0 Å². The molecule has 2 aromatic carbocycles. The van der Waals surface area contributed by atoms with E-state index in [0.717, 1.165) is 6.42 Å². The van der Waals surface area contributed by atoms with Crippen LogP contribution < -0.4 is 0 Å². The zero-order valence-corrected chi connectivity index (χ0v) is 10.3. The van der Waals surface area contributed by atoms with Crippen molar-refractivity contribution in [3.63, 3.8) is 0 Å². The average Bonchev–Trinajstić information content (AvgIpc) is 2.70. The van der Waals surface area contributed by atoms with Gasteiger partial charge in [0.05, 0.1) is 0 Å². The molecule has 0 heteroatoms. The molecule has 0 spiro atoms. The average molecular weight is 220 g/mol. The maximum atomic E-state index is 2.30. The van der Waals surface area contributed by atoms with Gasteiger partial charge in [0, 0.05) is 0 Å². The van der Waals surface area contributed by atoms with Gasteiger partial charge in [0.25, 0.3) is 0 Å². The molecule has 17 heavy (non-hydrogen) atoms. The van der Waals surface area contributed by atoms with Gasteiger partial charge in [-0.05, 0) is 48.1 Å². The number of aryl methyl sites for hydroxylation is 1. The van der Waals surface area contributed by atoms with Gasteiger partial charge in [0.2, 0.25) is 0 Å². The third-order valence-corrected chi connectivity index (χ3v) is 3.51. The summed E-state index contributed by atoms with van der Waals surface area (Å²) < 4.78 is 0. The molecule has 0 radical (unpaired) electrons. The fourth-order valence-electron chi connectivity index (χ4n) is 2.66. The van der Waals surface area contributed by atoms with Gasteiger partial charge in [0.15, 0.2) is 0 Å². The third-order valence-electron chi connectivity index (χ3n) is 3.51. The summed E-state index contributed by atoms with van der Waals surface area (Å²) in [5.41, 5.74) is 8.45. The molecular weight excluding hydrogens is 204 g/mol. The summed E-state index contributed by atoms with van der Waals surface area (Å²) in [7, 11) is 0. The molecule has 0 saturated carbocycles. The predicted octanol–water partition coefficient (Wildman–Crippen LogP) is 4.62. The largest absolute Gasteiger partial charge is 0.0683 e. The lowest BCUT2D eigenvalue weighted by atomic mass is 9.93. The van der Waals surface area contributed by atoms with Gasteiger partial charge in [-0.1, -0.05) is 54.1 Å². The number of benzene rings is 2. The van der Waals surface area contributed by atoms with Crippen LogP contribution in [-0.4, -0.2) is 0 Å². The van der Waals surface area contributed by atoms with Gasteiger partial charge in [0.1, 0.15) is 0 Å². The Balaban J connectivity index is 2.20. The van der Waals surface area contributed by atoms with E-state index < -0.39 is 0 Å². The summed E-state index contributed by atoms with van der Waals surface area (Å²) in [6.45, 7) is 4.39. The molecule has 0 aromatic heterocycles. The highest BCUT2D eigenvalue weighted by Crippen LogP contribution is 2.34. The number of hydrogen-bond acceptors (Lipinski definition) is 0. The molecule has 0 unspecified atom stereocenters. The molecule has 0 aliphatic heterocycles. The van der Waals surface area contributed by atoms with E-state index in [4.69, 9.17) is 0 Å². The first-order chi connectivity index (χ1) is 8.25. The molecule has 0 saturated heterocycles. The SMILES string of the molecule is CC1=Cc2cccc(-c3ccccc3C)c2C1. The molecule has 0 atom stereocenters. The summed E-state index contributed by atoms with van der Waals surface area (Å²) in [6.07, 6.45) is 3.40. The van der Waals surface area contributed by atoms with E-state index in [1.165, 1.54) is 33.4 Å². The topological polar surface area (TPSA) is 0 Å². The number of hydrogen-bond donors (Lipinski definition) is 0. The van der Waals surface area contributed by atoms with Gasteiger partial charge >= 0.3 is 0 Å². The molecular formula is C17H16. The second kappa shape index (κ2) is 3.89. The smallest absolute Gasteiger partial charge is 0.00544 e. The van der Waals surface area contributed by atoms with Gasteiger partial charge in [-0.2, -0.15) is 0 Å². The van der Waals surface area contributed by atoms with Crippen molar-refractivity contribution in [3.05, 3.63) is 64.7 Å². The summed E-state index contributed by atoms with van der Waals surface area (Å²) in [5, 5.41) is 0. The summed E-state index contributed by atoms with van der Waals surface area (Å²) in [5.74, 6) is 0. The van der Waals surface area contributed by atoms with Crippen LogP contribution in [-0.2, 0) is 6.42 Å². The Morgan fingerprint density at radius 1 is 0.824 bits per heavy atom. The van der Waals surface area contributed by atoms with Crippen LogP contribution in [0.15, 0.2) is 48.0 Å². The molecule has 0 heterocycles. The zero-order valence-electron chi connectivity index (χ0n) is 10.3. The van der Waals surface area contributed by atoms with Crippen LogP contribution in [0.4, 0.5) is 0 Å². The monoisotopic (exact) mass is 220 g/mol. The van der Waals surface area contributed by atoms with Crippen molar-refractivity contribution in [1.82, 2.24) is 0 Å². The Morgan fingerprint density at radius 2 is 1.59 bits per heavy atom. The Hall–Kier alpha value is -1.82. The van der Waals surface area contributed by atoms with Crippen molar-refractivity contribution in [2.75, 3.05) is 0 Å².